The Bertz CT molecular complexity index is 1350. The molecule has 3 heterocycles. The van der Waals surface area contributed by atoms with Gasteiger partial charge in [0, 0.05) is 22.7 Å². The van der Waals surface area contributed by atoms with Gasteiger partial charge < -0.3 is 24.5 Å². The van der Waals surface area contributed by atoms with Crippen LogP contribution in [-0.2, 0) is 0 Å². The second kappa shape index (κ2) is 9.57. The Kier molecular flexibility index (Phi) is 6.19. The second-order valence-corrected chi connectivity index (χ2v) is 8.61. The lowest BCUT2D eigenvalue weighted by Gasteiger charge is -2.30. The van der Waals surface area contributed by atoms with Crippen LogP contribution in [0.3, 0.4) is 0 Å². The number of aromatic amines is 1. The van der Waals surface area contributed by atoms with E-state index in [1.54, 1.807) is 7.11 Å². The monoisotopic (exact) mass is 457 g/mol. The zero-order valence-corrected chi connectivity index (χ0v) is 19.3. The standard InChI is InChI=1S/C26H27N5O3/c1-16-11-18-12-19(3-4-21(18)31-16)33-26-20-13-24(32-2)25(14-22(20)29-15-30-26)34-23(5-8-27)17-6-9-28-10-7-17/h3-4,11-15,17,23,28,31H,5-7,9-10H2,1-2H3. The van der Waals surface area contributed by atoms with Crippen LogP contribution in [0.15, 0.2) is 42.7 Å². The minimum Gasteiger partial charge on any atom is -0.493 e. The fourth-order valence-electron chi connectivity index (χ4n) is 4.58. The van der Waals surface area contributed by atoms with Crippen molar-refractivity contribution in [3.63, 3.8) is 0 Å². The molecule has 1 unspecified atom stereocenters. The van der Waals surface area contributed by atoms with Crippen LogP contribution in [0.4, 0.5) is 0 Å². The molecule has 174 valence electrons. The average molecular weight is 458 g/mol. The number of fused-ring (bicyclic) bond motifs is 2. The number of ether oxygens (including phenoxy) is 3. The first-order valence-corrected chi connectivity index (χ1v) is 11.5. The third-order valence-corrected chi connectivity index (χ3v) is 6.31. The molecule has 8 heteroatoms. The second-order valence-electron chi connectivity index (χ2n) is 8.61. The summed E-state index contributed by atoms with van der Waals surface area (Å²) in [6, 6.07) is 13.9. The van der Waals surface area contributed by atoms with Crippen LogP contribution in [0.1, 0.15) is 25.0 Å². The highest BCUT2D eigenvalue weighted by molar-refractivity contribution is 5.87. The lowest BCUT2D eigenvalue weighted by atomic mass is 9.90. The van der Waals surface area contributed by atoms with Gasteiger partial charge in [0.05, 0.1) is 30.5 Å². The van der Waals surface area contributed by atoms with Crippen LogP contribution in [0.2, 0.25) is 0 Å². The van der Waals surface area contributed by atoms with E-state index in [1.165, 1.54) is 6.33 Å². The van der Waals surface area contributed by atoms with Gasteiger partial charge in [-0.25, -0.2) is 9.97 Å². The summed E-state index contributed by atoms with van der Waals surface area (Å²) in [5.41, 5.74) is 2.83. The quantitative estimate of drug-likeness (QED) is 0.407. The number of piperidine rings is 1. The van der Waals surface area contributed by atoms with Crippen molar-refractivity contribution in [2.75, 3.05) is 20.2 Å². The summed E-state index contributed by atoms with van der Waals surface area (Å²) in [7, 11) is 1.60. The summed E-state index contributed by atoms with van der Waals surface area (Å²) in [5.74, 6) is 2.57. The maximum atomic E-state index is 9.37. The number of aromatic nitrogens is 3. The zero-order chi connectivity index (χ0) is 23.5. The van der Waals surface area contributed by atoms with Crippen molar-refractivity contribution >= 4 is 21.8 Å². The first-order valence-electron chi connectivity index (χ1n) is 11.5. The molecule has 1 aliphatic heterocycles. The lowest BCUT2D eigenvalue weighted by Crippen LogP contribution is -2.36. The Morgan fingerprint density at radius 2 is 1.97 bits per heavy atom. The molecule has 1 atom stereocenters. The molecule has 0 spiro atoms. The van der Waals surface area contributed by atoms with Crippen molar-refractivity contribution in [2.45, 2.75) is 32.3 Å². The number of nitrogens with zero attached hydrogens (tertiary/aromatic N) is 3. The van der Waals surface area contributed by atoms with E-state index in [4.69, 9.17) is 14.2 Å². The highest BCUT2D eigenvalue weighted by atomic mass is 16.5. The molecule has 4 aromatic rings. The highest BCUT2D eigenvalue weighted by Gasteiger charge is 2.26. The van der Waals surface area contributed by atoms with E-state index < -0.39 is 0 Å². The van der Waals surface area contributed by atoms with Crippen LogP contribution >= 0.6 is 0 Å². The number of hydrogen-bond acceptors (Lipinski definition) is 7. The third-order valence-electron chi connectivity index (χ3n) is 6.31. The van der Waals surface area contributed by atoms with Crippen molar-refractivity contribution in [1.29, 1.82) is 5.26 Å². The minimum absolute atomic E-state index is 0.201. The minimum atomic E-state index is -0.201. The van der Waals surface area contributed by atoms with Crippen LogP contribution in [0.25, 0.3) is 21.8 Å². The first-order chi connectivity index (χ1) is 16.6. The van der Waals surface area contributed by atoms with E-state index in [0.717, 1.165) is 47.9 Å². The molecule has 8 nitrogen and oxygen atoms in total. The molecule has 0 saturated carbocycles. The lowest BCUT2D eigenvalue weighted by molar-refractivity contribution is 0.112. The van der Waals surface area contributed by atoms with Crippen molar-refractivity contribution < 1.29 is 14.2 Å². The summed E-state index contributed by atoms with van der Waals surface area (Å²) in [4.78, 5) is 12.1. The Morgan fingerprint density at radius 3 is 2.76 bits per heavy atom. The number of aryl methyl sites for hydroxylation is 1. The van der Waals surface area contributed by atoms with E-state index in [9.17, 15) is 5.26 Å². The zero-order valence-electron chi connectivity index (χ0n) is 19.3. The van der Waals surface area contributed by atoms with Gasteiger partial charge in [-0.05, 0) is 69.1 Å². The van der Waals surface area contributed by atoms with Crippen LogP contribution < -0.4 is 19.5 Å². The smallest absolute Gasteiger partial charge is 0.230 e. The van der Waals surface area contributed by atoms with Crippen molar-refractivity contribution in [3.05, 3.63) is 48.4 Å². The fraction of sp³-hybridized carbons (Fsp3) is 0.346. The molecule has 0 bridgehead atoms. The van der Waals surface area contributed by atoms with Gasteiger partial charge in [-0.3, -0.25) is 0 Å². The number of nitriles is 1. The Morgan fingerprint density at radius 1 is 1.12 bits per heavy atom. The van der Waals surface area contributed by atoms with E-state index in [0.29, 0.717) is 41.0 Å². The molecule has 2 aromatic heterocycles. The van der Waals surface area contributed by atoms with Gasteiger partial charge in [-0.15, -0.1) is 0 Å². The van der Waals surface area contributed by atoms with Crippen LogP contribution in [0, 0.1) is 24.2 Å². The van der Waals surface area contributed by atoms with Gasteiger partial charge in [-0.1, -0.05) is 0 Å². The summed E-state index contributed by atoms with van der Waals surface area (Å²) >= 11 is 0. The van der Waals surface area contributed by atoms with E-state index >= 15 is 0 Å². The Labute approximate surface area is 197 Å². The molecule has 34 heavy (non-hydrogen) atoms. The van der Waals surface area contributed by atoms with Crippen molar-refractivity contribution in [1.82, 2.24) is 20.3 Å². The van der Waals surface area contributed by atoms with Gasteiger partial charge in [0.1, 0.15) is 18.2 Å². The van der Waals surface area contributed by atoms with Crippen molar-refractivity contribution in [2.24, 2.45) is 5.92 Å². The molecule has 2 aromatic carbocycles. The number of hydrogen-bond donors (Lipinski definition) is 2. The molecular formula is C26H27N5O3. The maximum absolute atomic E-state index is 9.37. The largest absolute Gasteiger partial charge is 0.493 e. The maximum Gasteiger partial charge on any atom is 0.230 e. The molecule has 0 radical (unpaired) electrons. The van der Waals surface area contributed by atoms with Crippen LogP contribution in [-0.4, -0.2) is 41.3 Å². The van der Waals surface area contributed by atoms with E-state index in [2.05, 4.69) is 32.4 Å². The summed E-state index contributed by atoms with van der Waals surface area (Å²) in [5, 5.41) is 14.5. The SMILES string of the molecule is COc1cc2c(Oc3ccc4[nH]c(C)cc4c3)ncnc2cc1OC(CC#N)C1CCNCC1. The molecule has 2 N–H and O–H groups in total. The molecule has 0 amide bonds. The molecule has 1 aliphatic rings. The number of benzene rings is 2. The fourth-order valence-corrected chi connectivity index (χ4v) is 4.58. The Hall–Kier alpha value is -3.83. The predicted octanol–water partition coefficient (Wildman–Crippen LogP) is 4.88. The van der Waals surface area contributed by atoms with E-state index in [1.807, 2.05) is 37.3 Å². The molecule has 1 saturated heterocycles. The van der Waals surface area contributed by atoms with Gasteiger partial charge in [0.2, 0.25) is 5.88 Å². The summed E-state index contributed by atoms with van der Waals surface area (Å²) in [6.45, 7) is 3.90. The highest BCUT2D eigenvalue weighted by Crippen LogP contribution is 2.38. The predicted molar refractivity (Wildman–Crippen MR) is 129 cm³/mol. The molecule has 1 fully saturated rings. The normalized spacial score (nSPS) is 15.2. The van der Waals surface area contributed by atoms with Gasteiger partial charge in [0.15, 0.2) is 11.5 Å². The summed E-state index contributed by atoms with van der Waals surface area (Å²) in [6.07, 6.45) is 3.56. The molecular weight excluding hydrogens is 430 g/mol. The van der Waals surface area contributed by atoms with E-state index in [-0.39, 0.29) is 6.10 Å². The van der Waals surface area contributed by atoms with Crippen molar-refractivity contribution in [3.8, 4) is 29.2 Å². The topological polar surface area (TPSA) is 105 Å². The number of nitrogens with one attached hydrogen (secondary N) is 2. The molecule has 0 aliphatic carbocycles. The van der Waals surface area contributed by atoms with Gasteiger partial charge in [-0.2, -0.15) is 5.26 Å². The number of H-pyrrole nitrogens is 1. The molecule has 5 rings (SSSR count). The average Bonchev–Trinajstić information content (AvgIpc) is 3.23. The van der Waals surface area contributed by atoms with Crippen LogP contribution in [0.5, 0.6) is 23.1 Å². The Balaban J connectivity index is 1.46. The number of rotatable bonds is 7. The van der Waals surface area contributed by atoms with Gasteiger partial charge >= 0.3 is 0 Å². The van der Waals surface area contributed by atoms with Gasteiger partial charge in [0.25, 0.3) is 0 Å². The first kappa shape index (κ1) is 22.0. The summed E-state index contributed by atoms with van der Waals surface area (Å²) < 4.78 is 18.2. The number of methoxy groups -OCH3 is 1. The third kappa shape index (κ3) is 4.47.